The van der Waals surface area contributed by atoms with Gasteiger partial charge in [0.15, 0.2) is 0 Å². The van der Waals surface area contributed by atoms with E-state index in [-0.39, 0.29) is 12.3 Å². The number of rotatable bonds is 5. The number of pyridine rings is 1. The minimum Gasteiger partial charge on any atom is -0.467 e. The number of aryl methyl sites for hydroxylation is 3. The summed E-state index contributed by atoms with van der Waals surface area (Å²) in [6.07, 6.45) is 0.481. The van der Waals surface area contributed by atoms with Crippen molar-refractivity contribution in [2.45, 2.75) is 39.7 Å². The average Bonchev–Trinajstić information content (AvgIpc) is 2.63. The van der Waals surface area contributed by atoms with Crippen LogP contribution in [0.1, 0.15) is 30.2 Å². The number of hydrogen-bond acceptors (Lipinski definition) is 6. The lowest BCUT2D eigenvalue weighted by atomic mass is 9.99. The summed E-state index contributed by atoms with van der Waals surface area (Å²) in [6.45, 7) is 5.11. The van der Waals surface area contributed by atoms with E-state index in [4.69, 9.17) is 0 Å². The minimum atomic E-state index is -0.735. The maximum absolute atomic E-state index is 12.6. The Morgan fingerprint density at radius 2 is 1.81 bits per heavy atom. The third-order valence-electron chi connectivity index (χ3n) is 4.71. The molecule has 0 fully saturated rings. The van der Waals surface area contributed by atoms with Crippen molar-refractivity contribution < 1.29 is 14.3 Å². The molecule has 1 atom stereocenters. The van der Waals surface area contributed by atoms with Gasteiger partial charge in [0.1, 0.15) is 11.7 Å². The molecular formula is C18H24N4O5. The van der Waals surface area contributed by atoms with E-state index in [2.05, 4.69) is 15.0 Å². The molecule has 9 nitrogen and oxygen atoms in total. The van der Waals surface area contributed by atoms with Gasteiger partial charge in [0, 0.05) is 26.2 Å². The predicted molar refractivity (Wildman–Crippen MR) is 99.6 cm³/mol. The van der Waals surface area contributed by atoms with Crippen LogP contribution in [0.2, 0.25) is 0 Å². The molecule has 0 aromatic carbocycles. The molecule has 146 valence electrons. The van der Waals surface area contributed by atoms with Crippen molar-refractivity contribution in [1.82, 2.24) is 19.4 Å². The number of carbonyl (C=O) groups excluding carboxylic acids is 2. The van der Waals surface area contributed by atoms with Crippen LogP contribution < -0.4 is 16.6 Å². The first kappa shape index (κ1) is 20.3. The molecule has 1 N–H and O–H groups in total. The molecule has 0 saturated carbocycles. The number of amides is 1. The maximum Gasteiger partial charge on any atom is 0.332 e. The molecule has 1 amide bonds. The van der Waals surface area contributed by atoms with Crippen LogP contribution in [0.3, 0.4) is 0 Å². The van der Waals surface area contributed by atoms with Gasteiger partial charge in [0.05, 0.1) is 12.5 Å². The molecule has 0 aliphatic rings. The van der Waals surface area contributed by atoms with Crippen molar-refractivity contribution in [2.75, 3.05) is 7.11 Å². The van der Waals surface area contributed by atoms with Crippen molar-refractivity contribution in [3.05, 3.63) is 37.7 Å². The van der Waals surface area contributed by atoms with Crippen molar-refractivity contribution >= 4 is 22.9 Å². The van der Waals surface area contributed by atoms with E-state index in [0.29, 0.717) is 28.7 Å². The molecule has 2 rings (SSSR count). The van der Waals surface area contributed by atoms with E-state index in [9.17, 15) is 19.2 Å². The Morgan fingerprint density at radius 1 is 1.19 bits per heavy atom. The fraction of sp³-hybridized carbons (Fsp3) is 0.500. The van der Waals surface area contributed by atoms with Crippen LogP contribution in [0.25, 0.3) is 11.0 Å². The van der Waals surface area contributed by atoms with Gasteiger partial charge in [-0.3, -0.25) is 18.7 Å². The Kier molecular flexibility index (Phi) is 5.82. The predicted octanol–water partition coefficient (Wildman–Crippen LogP) is -0.141. The van der Waals surface area contributed by atoms with Crippen molar-refractivity contribution in [3.8, 4) is 0 Å². The van der Waals surface area contributed by atoms with Gasteiger partial charge in [-0.15, -0.1) is 0 Å². The van der Waals surface area contributed by atoms with Crippen LogP contribution in [-0.2, 0) is 34.8 Å². The zero-order valence-electron chi connectivity index (χ0n) is 16.4. The van der Waals surface area contributed by atoms with Gasteiger partial charge >= 0.3 is 11.7 Å². The molecule has 0 aliphatic carbocycles. The first-order valence-electron chi connectivity index (χ1n) is 8.53. The van der Waals surface area contributed by atoms with Gasteiger partial charge in [-0.2, -0.15) is 0 Å². The summed E-state index contributed by atoms with van der Waals surface area (Å²) in [5.41, 5.74) is 1.59. The molecule has 1 unspecified atom stereocenters. The van der Waals surface area contributed by atoms with Crippen LogP contribution in [0.4, 0.5) is 0 Å². The highest BCUT2D eigenvalue weighted by Crippen LogP contribution is 2.20. The SMILES string of the molecule is COC(=O)C(C)NC(=O)CCc1c(C)nc2c(c1C)c(=O)n(C)c(=O)n2C. The number of ether oxygens (including phenoxy) is 1. The lowest BCUT2D eigenvalue weighted by Gasteiger charge is -2.15. The molecule has 2 heterocycles. The smallest absolute Gasteiger partial charge is 0.332 e. The highest BCUT2D eigenvalue weighted by Gasteiger charge is 2.19. The van der Waals surface area contributed by atoms with Crippen LogP contribution in [0.5, 0.6) is 0 Å². The first-order valence-corrected chi connectivity index (χ1v) is 8.53. The Hall–Kier alpha value is -2.97. The average molecular weight is 376 g/mol. The summed E-state index contributed by atoms with van der Waals surface area (Å²) in [5, 5.41) is 2.93. The molecule has 0 spiro atoms. The fourth-order valence-corrected chi connectivity index (χ4v) is 3.10. The lowest BCUT2D eigenvalue weighted by Crippen LogP contribution is -2.39. The summed E-state index contributed by atoms with van der Waals surface area (Å²) in [5.74, 6) is -0.826. The molecule has 0 saturated heterocycles. The number of esters is 1. The Labute approximate surface area is 156 Å². The lowest BCUT2D eigenvalue weighted by molar-refractivity contribution is -0.144. The van der Waals surface area contributed by atoms with Crippen LogP contribution in [-0.4, -0.2) is 39.1 Å². The molecule has 0 bridgehead atoms. The largest absolute Gasteiger partial charge is 0.467 e. The van der Waals surface area contributed by atoms with Gasteiger partial charge in [-0.1, -0.05) is 0 Å². The third kappa shape index (κ3) is 3.76. The topological polar surface area (TPSA) is 112 Å². The molecule has 0 radical (unpaired) electrons. The van der Waals surface area contributed by atoms with E-state index in [1.807, 2.05) is 0 Å². The summed E-state index contributed by atoms with van der Waals surface area (Å²) in [6, 6.07) is -0.735. The van der Waals surface area contributed by atoms with Crippen LogP contribution in [0.15, 0.2) is 9.59 Å². The maximum atomic E-state index is 12.6. The minimum absolute atomic E-state index is 0.127. The summed E-state index contributed by atoms with van der Waals surface area (Å²) < 4.78 is 6.96. The Balaban J connectivity index is 2.38. The second-order valence-corrected chi connectivity index (χ2v) is 6.52. The number of nitrogens with zero attached hydrogens (tertiary/aromatic N) is 3. The van der Waals surface area contributed by atoms with Gasteiger partial charge in [0.2, 0.25) is 5.91 Å². The van der Waals surface area contributed by atoms with E-state index in [1.54, 1.807) is 27.8 Å². The van der Waals surface area contributed by atoms with Crippen molar-refractivity contribution in [1.29, 1.82) is 0 Å². The van der Waals surface area contributed by atoms with Gasteiger partial charge in [0.25, 0.3) is 5.56 Å². The molecule has 9 heteroatoms. The van der Waals surface area contributed by atoms with Crippen LogP contribution >= 0.6 is 0 Å². The Bertz CT molecular complexity index is 1030. The van der Waals surface area contributed by atoms with E-state index in [1.165, 1.54) is 18.7 Å². The summed E-state index contributed by atoms with van der Waals surface area (Å²) in [4.78, 5) is 52.6. The van der Waals surface area contributed by atoms with E-state index >= 15 is 0 Å². The summed E-state index contributed by atoms with van der Waals surface area (Å²) in [7, 11) is 4.24. The second-order valence-electron chi connectivity index (χ2n) is 6.52. The van der Waals surface area contributed by atoms with E-state index in [0.717, 1.165) is 10.1 Å². The zero-order valence-corrected chi connectivity index (χ0v) is 16.4. The molecule has 2 aromatic heterocycles. The number of hydrogen-bond donors (Lipinski definition) is 1. The normalized spacial score (nSPS) is 12.1. The van der Waals surface area contributed by atoms with Gasteiger partial charge < -0.3 is 10.1 Å². The molecule has 27 heavy (non-hydrogen) atoms. The fourth-order valence-electron chi connectivity index (χ4n) is 3.10. The number of fused-ring (bicyclic) bond motifs is 1. The molecular weight excluding hydrogens is 352 g/mol. The number of carbonyl (C=O) groups is 2. The number of nitrogens with one attached hydrogen (secondary N) is 1. The van der Waals surface area contributed by atoms with Gasteiger partial charge in [-0.05, 0) is 38.3 Å². The molecule has 0 aliphatic heterocycles. The first-order chi connectivity index (χ1) is 12.6. The summed E-state index contributed by atoms with van der Waals surface area (Å²) >= 11 is 0. The monoisotopic (exact) mass is 376 g/mol. The van der Waals surface area contributed by atoms with Crippen molar-refractivity contribution in [2.24, 2.45) is 14.1 Å². The second kappa shape index (κ2) is 7.73. The highest BCUT2D eigenvalue weighted by atomic mass is 16.5. The highest BCUT2D eigenvalue weighted by molar-refractivity contribution is 5.84. The van der Waals surface area contributed by atoms with Gasteiger partial charge in [-0.25, -0.2) is 14.6 Å². The quantitative estimate of drug-likeness (QED) is 0.727. The number of methoxy groups -OCH3 is 1. The Morgan fingerprint density at radius 3 is 2.41 bits per heavy atom. The van der Waals surface area contributed by atoms with Crippen LogP contribution in [0, 0.1) is 13.8 Å². The standard InChI is InChI=1S/C18H24N4O5/c1-9-12(7-8-13(23)19-11(3)17(25)27-6)10(2)20-15-14(9)16(24)22(5)18(26)21(15)4/h11H,7-8H2,1-6H3,(H,19,23). The van der Waals surface area contributed by atoms with Crippen molar-refractivity contribution in [3.63, 3.8) is 0 Å². The molecule has 2 aromatic rings. The zero-order chi connectivity index (χ0) is 20.5. The third-order valence-corrected chi connectivity index (χ3v) is 4.71. The van der Waals surface area contributed by atoms with E-state index < -0.39 is 23.3 Å². The number of aromatic nitrogens is 3.